The van der Waals surface area contributed by atoms with Gasteiger partial charge in [0.05, 0.1) is 0 Å². The van der Waals surface area contributed by atoms with E-state index < -0.39 is 11.9 Å². The summed E-state index contributed by atoms with van der Waals surface area (Å²) in [4.78, 5) is 21.8. The minimum Gasteiger partial charge on any atom is -0.478 e. The van der Waals surface area contributed by atoms with Gasteiger partial charge in [0, 0.05) is 11.4 Å². The molecule has 4 nitrogen and oxygen atoms in total. The van der Waals surface area contributed by atoms with Crippen LogP contribution in [0.25, 0.3) is 0 Å². The molecule has 1 rings (SSSR count). The summed E-state index contributed by atoms with van der Waals surface area (Å²) in [5, 5.41) is 9.11. The molecule has 0 spiro atoms. The van der Waals surface area contributed by atoms with Crippen LogP contribution < -0.4 is 4.74 Å². The molecule has 15 heavy (non-hydrogen) atoms. The van der Waals surface area contributed by atoms with Crippen LogP contribution in [0.4, 0.5) is 0 Å². The van der Waals surface area contributed by atoms with Crippen molar-refractivity contribution >= 4 is 23.5 Å². The van der Waals surface area contributed by atoms with Gasteiger partial charge in [0.25, 0.3) is 0 Å². The summed E-state index contributed by atoms with van der Waals surface area (Å²) in [6.07, 6.45) is 0.182. The number of carboxylic acids is 1. The van der Waals surface area contributed by atoms with Crippen LogP contribution in [0.2, 0.25) is 5.02 Å². The standard InChI is InChI=1S/C10H9ClO4/c1-2-9(12)15-8-4-3-6(11)5-7(8)10(13)14/h3-5H,2H2,1H3,(H,13,14). The molecule has 0 saturated heterocycles. The molecule has 1 aromatic rings. The van der Waals surface area contributed by atoms with E-state index in [1.807, 2.05) is 0 Å². The largest absolute Gasteiger partial charge is 0.478 e. The summed E-state index contributed by atoms with van der Waals surface area (Å²) >= 11 is 5.63. The highest BCUT2D eigenvalue weighted by Crippen LogP contribution is 2.23. The van der Waals surface area contributed by atoms with Crippen LogP contribution >= 0.6 is 11.6 Å². The molecule has 0 aliphatic heterocycles. The van der Waals surface area contributed by atoms with Crippen LogP contribution in [0.3, 0.4) is 0 Å². The normalized spacial score (nSPS) is 9.73. The Morgan fingerprint density at radius 1 is 1.47 bits per heavy atom. The highest BCUT2D eigenvalue weighted by Gasteiger charge is 2.14. The van der Waals surface area contributed by atoms with Crippen molar-refractivity contribution in [3.63, 3.8) is 0 Å². The molecule has 1 aromatic carbocycles. The number of ether oxygens (including phenoxy) is 1. The fraction of sp³-hybridized carbons (Fsp3) is 0.200. The Hall–Kier alpha value is -1.55. The van der Waals surface area contributed by atoms with Crippen molar-refractivity contribution in [2.24, 2.45) is 0 Å². The molecule has 0 saturated carbocycles. The summed E-state index contributed by atoms with van der Waals surface area (Å²) in [5.74, 6) is -1.66. The number of aromatic carboxylic acids is 1. The van der Waals surface area contributed by atoms with Gasteiger partial charge in [0.1, 0.15) is 11.3 Å². The number of benzene rings is 1. The van der Waals surface area contributed by atoms with E-state index in [2.05, 4.69) is 0 Å². The van der Waals surface area contributed by atoms with Gasteiger partial charge in [-0.1, -0.05) is 18.5 Å². The number of carboxylic acid groups (broad SMARTS) is 1. The predicted octanol–water partition coefficient (Wildman–Crippen LogP) is 2.35. The molecule has 0 heterocycles. The molecular weight excluding hydrogens is 220 g/mol. The van der Waals surface area contributed by atoms with Crippen molar-refractivity contribution in [1.82, 2.24) is 0 Å². The monoisotopic (exact) mass is 228 g/mol. The second kappa shape index (κ2) is 4.79. The maximum absolute atomic E-state index is 11.0. The maximum atomic E-state index is 11.0. The van der Waals surface area contributed by atoms with Crippen LogP contribution in [-0.2, 0) is 4.79 Å². The van der Waals surface area contributed by atoms with Gasteiger partial charge in [0.15, 0.2) is 0 Å². The molecular formula is C10H9ClO4. The first-order valence-electron chi connectivity index (χ1n) is 4.28. The Kier molecular flexibility index (Phi) is 3.68. The minimum atomic E-state index is -1.18. The Morgan fingerprint density at radius 3 is 2.67 bits per heavy atom. The van der Waals surface area contributed by atoms with Crippen molar-refractivity contribution in [2.45, 2.75) is 13.3 Å². The van der Waals surface area contributed by atoms with E-state index >= 15 is 0 Å². The highest BCUT2D eigenvalue weighted by atomic mass is 35.5. The van der Waals surface area contributed by atoms with Gasteiger partial charge in [-0.15, -0.1) is 0 Å². The third-order valence-corrected chi connectivity index (χ3v) is 1.92. The molecule has 0 radical (unpaired) electrons. The third-order valence-electron chi connectivity index (χ3n) is 1.68. The lowest BCUT2D eigenvalue weighted by molar-refractivity contribution is -0.134. The molecule has 0 amide bonds. The van der Waals surface area contributed by atoms with Crippen LogP contribution in [0.1, 0.15) is 23.7 Å². The van der Waals surface area contributed by atoms with Gasteiger partial charge in [0.2, 0.25) is 0 Å². The average molecular weight is 229 g/mol. The van der Waals surface area contributed by atoms with E-state index in [1.54, 1.807) is 6.92 Å². The number of rotatable bonds is 3. The van der Waals surface area contributed by atoms with Crippen LogP contribution in [0, 0.1) is 0 Å². The maximum Gasteiger partial charge on any atom is 0.339 e. The zero-order valence-corrected chi connectivity index (χ0v) is 8.75. The molecule has 0 bridgehead atoms. The fourth-order valence-corrected chi connectivity index (χ4v) is 1.13. The van der Waals surface area contributed by atoms with Crippen molar-refractivity contribution in [2.75, 3.05) is 0 Å². The predicted molar refractivity (Wildman–Crippen MR) is 54.3 cm³/mol. The summed E-state index contributed by atoms with van der Waals surface area (Å²) in [7, 11) is 0. The average Bonchev–Trinajstić information content (AvgIpc) is 2.20. The Balaban J connectivity index is 3.06. The Morgan fingerprint density at radius 2 is 2.13 bits per heavy atom. The zero-order chi connectivity index (χ0) is 11.4. The molecule has 0 atom stereocenters. The zero-order valence-electron chi connectivity index (χ0n) is 7.99. The van der Waals surface area contributed by atoms with Gasteiger partial charge in [-0.2, -0.15) is 0 Å². The second-order valence-electron chi connectivity index (χ2n) is 2.77. The summed E-state index contributed by atoms with van der Waals surface area (Å²) in [6, 6.07) is 4.06. The first-order chi connectivity index (χ1) is 7.04. The van der Waals surface area contributed by atoms with Crippen molar-refractivity contribution in [1.29, 1.82) is 0 Å². The summed E-state index contributed by atoms with van der Waals surface area (Å²) in [6.45, 7) is 1.62. The van der Waals surface area contributed by atoms with Gasteiger partial charge in [-0.25, -0.2) is 4.79 Å². The summed E-state index contributed by atoms with van der Waals surface area (Å²) < 4.78 is 4.83. The fourth-order valence-electron chi connectivity index (χ4n) is 0.953. The quantitative estimate of drug-likeness (QED) is 0.637. The number of hydrogen-bond donors (Lipinski definition) is 1. The highest BCUT2D eigenvalue weighted by molar-refractivity contribution is 6.31. The lowest BCUT2D eigenvalue weighted by atomic mass is 10.2. The lowest BCUT2D eigenvalue weighted by Crippen LogP contribution is -2.09. The molecule has 0 aromatic heterocycles. The third kappa shape index (κ3) is 2.95. The van der Waals surface area contributed by atoms with E-state index in [0.29, 0.717) is 0 Å². The summed E-state index contributed by atoms with van der Waals surface area (Å²) in [5.41, 5.74) is -0.121. The van der Waals surface area contributed by atoms with Gasteiger partial charge >= 0.3 is 11.9 Å². The lowest BCUT2D eigenvalue weighted by Gasteiger charge is -2.06. The SMILES string of the molecule is CCC(=O)Oc1ccc(Cl)cc1C(=O)O. The molecule has 0 aliphatic rings. The van der Waals surface area contributed by atoms with Gasteiger partial charge < -0.3 is 9.84 Å². The molecule has 1 N–H and O–H groups in total. The molecule has 0 fully saturated rings. The van der Waals surface area contributed by atoms with E-state index in [4.69, 9.17) is 21.4 Å². The van der Waals surface area contributed by atoms with Crippen LogP contribution in [0.15, 0.2) is 18.2 Å². The number of carbonyl (C=O) groups excluding carboxylic acids is 1. The first-order valence-corrected chi connectivity index (χ1v) is 4.66. The Labute approximate surface area is 91.4 Å². The second-order valence-corrected chi connectivity index (χ2v) is 3.21. The number of halogens is 1. The molecule has 80 valence electrons. The van der Waals surface area contributed by atoms with Crippen LogP contribution in [-0.4, -0.2) is 17.0 Å². The number of hydrogen-bond acceptors (Lipinski definition) is 3. The van der Waals surface area contributed by atoms with Crippen LogP contribution in [0.5, 0.6) is 5.75 Å². The topological polar surface area (TPSA) is 63.6 Å². The van der Waals surface area contributed by atoms with E-state index in [0.717, 1.165) is 0 Å². The van der Waals surface area contributed by atoms with Crippen molar-refractivity contribution < 1.29 is 19.4 Å². The van der Waals surface area contributed by atoms with E-state index in [1.165, 1.54) is 18.2 Å². The van der Waals surface area contributed by atoms with Gasteiger partial charge in [-0.05, 0) is 18.2 Å². The molecule has 5 heteroatoms. The van der Waals surface area contributed by atoms with E-state index in [9.17, 15) is 9.59 Å². The molecule has 0 aliphatic carbocycles. The van der Waals surface area contributed by atoms with Crippen molar-refractivity contribution in [3.05, 3.63) is 28.8 Å². The number of carbonyl (C=O) groups is 2. The van der Waals surface area contributed by atoms with Crippen molar-refractivity contribution in [3.8, 4) is 5.75 Å². The first kappa shape index (κ1) is 11.5. The number of esters is 1. The van der Waals surface area contributed by atoms with Gasteiger partial charge in [-0.3, -0.25) is 4.79 Å². The smallest absolute Gasteiger partial charge is 0.339 e. The Bertz CT molecular complexity index is 400. The van der Waals surface area contributed by atoms with E-state index in [-0.39, 0.29) is 22.8 Å². The minimum absolute atomic E-state index is 0.0127. The molecule has 0 unspecified atom stereocenters.